The van der Waals surface area contributed by atoms with Gasteiger partial charge in [-0.2, -0.15) is 18.3 Å². The molecule has 1 aromatic heterocycles. The first-order chi connectivity index (χ1) is 8.47. The molecule has 0 saturated carbocycles. The number of alkyl halides is 3. The molecule has 0 amide bonds. The number of hydrogen-bond acceptors (Lipinski definition) is 1. The highest BCUT2D eigenvalue weighted by molar-refractivity contribution is 5.40. The van der Waals surface area contributed by atoms with Gasteiger partial charge in [0.15, 0.2) is 0 Å². The third-order valence-electron chi connectivity index (χ3n) is 2.28. The standard InChI is InChI=1S/C13H9F3N2/c1-18-12(13(14,15)16)9-11(17-18)8-7-10-5-3-2-4-6-10/h2-6,9H,1H3. The van der Waals surface area contributed by atoms with Gasteiger partial charge in [-0.3, -0.25) is 4.68 Å². The number of halogens is 3. The maximum Gasteiger partial charge on any atom is 0.433 e. The summed E-state index contributed by atoms with van der Waals surface area (Å²) in [6.07, 6.45) is -4.41. The van der Waals surface area contributed by atoms with Crippen molar-refractivity contribution in [3.63, 3.8) is 0 Å². The molecule has 0 spiro atoms. The molecule has 1 heterocycles. The van der Waals surface area contributed by atoms with Gasteiger partial charge in [-0.15, -0.1) is 0 Å². The summed E-state index contributed by atoms with van der Waals surface area (Å²) < 4.78 is 38.3. The average molecular weight is 250 g/mol. The topological polar surface area (TPSA) is 17.8 Å². The van der Waals surface area contributed by atoms with Gasteiger partial charge < -0.3 is 0 Å². The van der Waals surface area contributed by atoms with Crippen molar-refractivity contribution >= 4 is 0 Å². The Kier molecular flexibility index (Phi) is 3.11. The Bertz CT molecular complexity index is 601. The van der Waals surface area contributed by atoms with Gasteiger partial charge in [0.05, 0.1) is 0 Å². The molecule has 0 saturated heterocycles. The fraction of sp³-hybridized carbons (Fsp3) is 0.154. The molecule has 0 aliphatic rings. The summed E-state index contributed by atoms with van der Waals surface area (Å²) >= 11 is 0. The molecule has 0 unspecified atom stereocenters. The number of aryl methyl sites for hydroxylation is 1. The van der Waals surface area contributed by atoms with Crippen LogP contribution in [0, 0.1) is 11.8 Å². The van der Waals surface area contributed by atoms with Gasteiger partial charge in [0, 0.05) is 18.7 Å². The summed E-state index contributed by atoms with van der Waals surface area (Å²) in [6.45, 7) is 0. The zero-order valence-corrected chi connectivity index (χ0v) is 9.49. The van der Waals surface area contributed by atoms with Crippen molar-refractivity contribution in [2.45, 2.75) is 6.18 Å². The average Bonchev–Trinajstić information content (AvgIpc) is 2.69. The van der Waals surface area contributed by atoms with E-state index in [-0.39, 0.29) is 5.69 Å². The normalized spacial score (nSPS) is 10.9. The smallest absolute Gasteiger partial charge is 0.262 e. The summed E-state index contributed by atoms with van der Waals surface area (Å²) in [6, 6.07) is 9.96. The third-order valence-corrected chi connectivity index (χ3v) is 2.28. The zero-order chi connectivity index (χ0) is 13.2. The quantitative estimate of drug-likeness (QED) is 0.657. The van der Waals surface area contributed by atoms with Crippen LogP contribution in [0.3, 0.4) is 0 Å². The lowest BCUT2D eigenvalue weighted by atomic mass is 10.2. The Hall–Kier alpha value is -2.22. The van der Waals surface area contributed by atoms with E-state index in [1.807, 2.05) is 18.2 Å². The Morgan fingerprint density at radius 1 is 1.11 bits per heavy atom. The van der Waals surface area contributed by atoms with Gasteiger partial charge in [0.25, 0.3) is 0 Å². The van der Waals surface area contributed by atoms with Gasteiger partial charge in [0.2, 0.25) is 0 Å². The van der Waals surface area contributed by atoms with E-state index in [0.717, 1.165) is 16.3 Å². The number of rotatable bonds is 0. The lowest BCUT2D eigenvalue weighted by Gasteiger charge is -2.04. The van der Waals surface area contributed by atoms with E-state index in [0.29, 0.717) is 0 Å². The molecular weight excluding hydrogens is 241 g/mol. The molecule has 0 aliphatic heterocycles. The zero-order valence-electron chi connectivity index (χ0n) is 9.49. The highest BCUT2D eigenvalue weighted by Crippen LogP contribution is 2.28. The molecule has 5 heteroatoms. The number of benzene rings is 1. The Morgan fingerprint density at radius 3 is 2.33 bits per heavy atom. The molecule has 0 N–H and O–H groups in total. The Morgan fingerprint density at radius 2 is 1.78 bits per heavy atom. The van der Waals surface area contributed by atoms with Crippen LogP contribution in [0.5, 0.6) is 0 Å². The van der Waals surface area contributed by atoms with Crippen molar-refractivity contribution in [2.75, 3.05) is 0 Å². The van der Waals surface area contributed by atoms with Gasteiger partial charge in [-0.05, 0) is 18.1 Å². The van der Waals surface area contributed by atoms with E-state index >= 15 is 0 Å². The van der Waals surface area contributed by atoms with E-state index in [1.165, 1.54) is 7.05 Å². The number of aromatic nitrogens is 2. The molecule has 2 rings (SSSR count). The molecule has 0 atom stereocenters. The molecule has 0 fully saturated rings. The minimum atomic E-state index is -4.41. The fourth-order valence-electron chi connectivity index (χ4n) is 1.45. The first kappa shape index (κ1) is 12.2. The van der Waals surface area contributed by atoms with Crippen molar-refractivity contribution in [3.8, 4) is 11.8 Å². The van der Waals surface area contributed by atoms with E-state index < -0.39 is 11.9 Å². The predicted octanol–water partition coefficient (Wildman–Crippen LogP) is 2.84. The van der Waals surface area contributed by atoms with Crippen LogP contribution in [0.4, 0.5) is 13.2 Å². The van der Waals surface area contributed by atoms with Crippen molar-refractivity contribution in [1.29, 1.82) is 0 Å². The van der Waals surface area contributed by atoms with Crippen LogP contribution >= 0.6 is 0 Å². The van der Waals surface area contributed by atoms with Crippen molar-refractivity contribution < 1.29 is 13.2 Å². The Labute approximate surface area is 102 Å². The van der Waals surface area contributed by atoms with Crippen molar-refractivity contribution in [3.05, 3.63) is 53.3 Å². The maximum atomic E-state index is 12.5. The van der Waals surface area contributed by atoms with Crippen LogP contribution in [-0.2, 0) is 13.2 Å². The van der Waals surface area contributed by atoms with Gasteiger partial charge in [-0.25, -0.2) is 0 Å². The van der Waals surface area contributed by atoms with Gasteiger partial charge in [0.1, 0.15) is 11.4 Å². The third kappa shape index (κ3) is 2.72. The molecule has 0 radical (unpaired) electrons. The van der Waals surface area contributed by atoms with Crippen LogP contribution in [0.25, 0.3) is 0 Å². The van der Waals surface area contributed by atoms with Crippen LogP contribution in [0.1, 0.15) is 17.0 Å². The summed E-state index contributed by atoms with van der Waals surface area (Å²) in [5.74, 6) is 5.37. The summed E-state index contributed by atoms with van der Waals surface area (Å²) in [5, 5.41) is 3.72. The van der Waals surface area contributed by atoms with E-state index in [9.17, 15) is 13.2 Å². The highest BCUT2D eigenvalue weighted by atomic mass is 19.4. The molecule has 2 nitrogen and oxygen atoms in total. The predicted molar refractivity (Wildman–Crippen MR) is 60.6 cm³/mol. The lowest BCUT2D eigenvalue weighted by molar-refractivity contribution is -0.143. The first-order valence-electron chi connectivity index (χ1n) is 5.15. The SMILES string of the molecule is Cn1nc(C#Cc2ccccc2)cc1C(F)(F)F. The highest BCUT2D eigenvalue weighted by Gasteiger charge is 2.34. The minimum Gasteiger partial charge on any atom is -0.262 e. The van der Waals surface area contributed by atoms with Gasteiger partial charge in [-0.1, -0.05) is 24.1 Å². The molecule has 2 aromatic rings. The second kappa shape index (κ2) is 4.57. The van der Waals surface area contributed by atoms with Crippen LogP contribution < -0.4 is 0 Å². The summed E-state index contributed by atoms with van der Waals surface area (Å²) in [7, 11) is 1.25. The van der Waals surface area contributed by atoms with Crippen LogP contribution in [0.15, 0.2) is 36.4 Å². The lowest BCUT2D eigenvalue weighted by Crippen LogP contribution is -2.11. The van der Waals surface area contributed by atoms with Crippen molar-refractivity contribution in [1.82, 2.24) is 9.78 Å². The maximum absolute atomic E-state index is 12.5. The molecule has 18 heavy (non-hydrogen) atoms. The van der Waals surface area contributed by atoms with E-state index in [4.69, 9.17) is 0 Å². The van der Waals surface area contributed by atoms with E-state index in [1.54, 1.807) is 12.1 Å². The fourth-order valence-corrected chi connectivity index (χ4v) is 1.45. The monoisotopic (exact) mass is 250 g/mol. The largest absolute Gasteiger partial charge is 0.433 e. The molecular formula is C13H9F3N2. The minimum absolute atomic E-state index is 0.105. The van der Waals surface area contributed by atoms with Crippen LogP contribution in [0.2, 0.25) is 0 Å². The molecule has 0 aliphatic carbocycles. The second-order valence-electron chi connectivity index (χ2n) is 3.65. The summed E-state index contributed by atoms with van der Waals surface area (Å²) in [5.41, 5.74) is 0.0326. The van der Waals surface area contributed by atoms with Crippen LogP contribution in [-0.4, -0.2) is 9.78 Å². The first-order valence-corrected chi connectivity index (χ1v) is 5.15. The molecule has 92 valence electrons. The number of nitrogens with zero attached hydrogens (tertiary/aromatic N) is 2. The summed E-state index contributed by atoms with van der Waals surface area (Å²) in [4.78, 5) is 0. The molecule has 0 bridgehead atoms. The van der Waals surface area contributed by atoms with Crippen molar-refractivity contribution in [2.24, 2.45) is 7.05 Å². The Balaban J connectivity index is 2.30. The van der Waals surface area contributed by atoms with E-state index in [2.05, 4.69) is 16.9 Å². The molecule has 1 aromatic carbocycles. The van der Waals surface area contributed by atoms with Gasteiger partial charge >= 0.3 is 6.18 Å². The number of hydrogen-bond donors (Lipinski definition) is 0. The second-order valence-corrected chi connectivity index (χ2v) is 3.65.